The molecule has 1 aliphatic heterocycles. The molecule has 7 heteroatoms. The highest BCUT2D eigenvalue weighted by Gasteiger charge is 2.24. The molecular weight excluding hydrogens is 328 g/mol. The Balaban J connectivity index is 1.66. The number of anilines is 2. The van der Waals surface area contributed by atoms with Crippen LogP contribution in [0.5, 0.6) is 5.75 Å². The molecule has 5 rings (SSSR count). The number of nitrogens with one attached hydrogen (secondary N) is 1. The third kappa shape index (κ3) is 2.36. The summed E-state index contributed by atoms with van der Waals surface area (Å²) >= 11 is 0. The molecule has 0 bridgehead atoms. The lowest BCUT2D eigenvalue weighted by molar-refractivity contribution is 0.310. The highest BCUT2D eigenvalue weighted by atomic mass is 16.5. The van der Waals surface area contributed by atoms with Gasteiger partial charge in [0.15, 0.2) is 17.4 Å². The predicted molar refractivity (Wildman–Crippen MR) is 98.6 cm³/mol. The molecule has 0 spiro atoms. The number of nitrogens with zero attached hydrogens (tertiary/aromatic N) is 5. The van der Waals surface area contributed by atoms with Crippen molar-refractivity contribution in [2.45, 2.75) is 6.92 Å². The fraction of sp³-hybridized carbons (Fsp3) is 0.158. The van der Waals surface area contributed by atoms with E-state index in [4.69, 9.17) is 9.72 Å². The number of ether oxygens (including phenoxy) is 1. The van der Waals surface area contributed by atoms with Crippen LogP contribution in [0.3, 0.4) is 0 Å². The first kappa shape index (κ1) is 14.8. The monoisotopic (exact) mass is 344 g/mol. The minimum Gasteiger partial charge on any atom is -0.486 e. The molecule has 0 fully saturated rings. The summed E-state index contributed by atoms with van der Waals surface area (Å²) in [5.74, 6) is 2.01. The molecule has 0 amide bonds. The molecule has 4 aromatic heterocycles. The van der Waals surface area contributed by atoms with Crippen LogP contribution in [0.4, 0.5) is 11.5 Å². The number of aryl methyl sites for hydroxylation is 1. The van der Waals surface area contributed by atoms with E-state index >= 15 is 0 Å². The molecule has 0 saturated carbocycles. The molecule has 4 aromatic rings. The van der Waals surface area contributed by atoms with Crippen LogP contribution in [0, 0.1) is 6.92 Å². The molecule has 1 N–H and O–H groups in total. The molecular formula is C19H16N6O. The minimum absolute atomic E-state index is 0.576. The summed E-state index contributed by atoms with van der Waals surface area (Å²) in [7, 11) is 0. The summed E-state index contributed by atoms with van der Waals surface area (Å²) in [4.78, 5) is 23.4. The van der Waals surface area contributed by atoms with Crippen molar-refractivity contribution >= 4 is 22.5 Å². The van der Waals surface area contributed by atoms with E-state index in [1.54, 1.807) is 12.4 Å². The zero-order chi connectivity index (χ0) is 17.5. The van der Waals surface area contributed by atoms with Gasteiger partial charge in [-0.1, -0.05) is 6.07 Å². The van der Waals surface area contributed by atoms with Gasteiger partial charge >= 0.3 is 0 Å². The summed E-state index contributed by atoms with van der Waals surface area (Å²) < 4.78 is 5.77. The Bertz CT molecular complexity index is 1110. The third-order valence-corrected chi connectivity index (χ3v) is 4.41. The SMILES string of the molecule is Cc1cccc(-c2ncc3c(n2)N(c2ccnc4[nH]ccc24)CCO3)n1. The zero-order valence-corrected chi connectivity index (χ0v) is 14.2. The lowest BCUT2D eigenvalue weighted by Crippen LogP contribution is -2.30. The van der Waals surface area contributed by atoms with E-state index in [1.165, 1.54) is 0 Å². The molecule has 0 radical (unpaired) electrons. The van der Waals surface area contributed by atoms with Gasteiger partial charge in [0.05, 0.1) is 18.4 Å². The molecule has 0 aromatic carbocycles. The number of aromatic amines is 1. The van der Waals surface area contributed by atoms with Gasteiger partial charge < -0.3 is 14.6 Å². The topological polar surface area (TPSA) is 79.8 Å². The molecule has 0 atom stereocenters. The minimum atomic E-state index is 0.576. The number of rotatable bonds is 2. The van der Waals surface area contributed by atoms with Gasteiger partial charge in [0.2, 0.25) is 0 Å². The first-order chi connectivity index (χ1) is 12.8. The number of H-pyrrole nitrogens is 1. The van der Waals surface area contributed by atoms with Crippen LogP contribution in [-0.4, -0.2) is 38.1 Å². The van der Waals surface area contributed by atoms with Crippen molar-refractivity contribution in [3.05, 3.63) is 54.6 Å². The summed E-state index contributed by atoms with van der Waals surface area (Å²) in [6.45, 7) is 3.23. The normalized spacial score (nSPS) is 13.5. The Morgan fingerprint density at radius 1 is 1.12 bits per heavy atom. The Hall–Kier alpha value is -3.48. The van der Waals surface area contributed by atoms with Gasteiger partial charge in [-0.25, -0.2) is 19.9 Å². The van der Waals surface area contributed by atoms with Gasteiger partial charge in [-0.15, -0.1) is 0 Å². The maximum atomic E-state index is 5.77. The number of fused-ring (bicyclic) bond motifs is 2. The second-order valence-electron chi connectivity index (χ2n) is 6.12. The van der Waals surface area contributed by atoms with Gasteiger partial charge in [-0.2, -0.15) is 0 Å². The average molecular weight is 344 g/mol. The van der Waals surface area contributed by atoms with E-state index in [-0.39, 0.29) is 0 Å². The van der Waals surface area contributed by atoms with E-state index < -0.39 is 0 Å². The second kappa shape index (κ2) is 5.80. The van der Waals surface area contributed by atoms with E-state index in [0.29, 0.717) is 24.7 Å². The predicted octanol–water partition coefficient (Wildman–Crippen LogP) is 3.25. The fourth-order valence-corrected chi connectivity index (χ4v) is 3.22. The van der Waals surface area contributed by atoms with Crippen molar-refractivity contribution in [3.8, 4) is 17.3 Å². The maximum absolute atomic E-state index is 5.77. The molecule has 1 aliphatic rings. The highest BCUT2D eigenvalue weighted by molar-refractivity contribution is 5.92. The number of hydrogen-bond donors (Lipinski definition) is 1. The molecule has 7 nitrogen and oxygen atoms in total. The van der Waals surface area contributed by atoms with Crippen molar-refractivity contribution < 1.29 is 4.74 Å². The van der Waals surface area contributed by atoms with E-state index in [9.17, 15) is 0 Å². The van der Waals surface area contributed by atoms with Gasteiger partial charge in [0.1, 0.15) is 17.9 Å². The average Bonchev–Trinajstić information content (AvgIpc) is 3.16. The van der Waals surface area contributed by atoms with Gasteiger partial charge in [0.25, 0.3) is 0 Å². The number of hydrogen-bond acceptors (Lipinski definition) is 6. The van der Waals surface area contributed by atoms with Crippen LogP contribution in [0.15, 0.2) is 48.9 Å². The molecule has 0 unspecified atom stereocenters. The van der Waals surface area contributed by atoms with Crippen LogP contribution >= 0.6 is 0 Å². The zero-order valence-electron chi connectivity index (χ0n) is 14.2. The molecule has 128 valence electrons. The molecule has 0 aliphatic carbocycles. The first-order valence-electron chi connectivity index (χ1n) is 8.43. The van der Waals surface area contributed by atoms with Gasteiger partial charge in [-0.3, -0.25) is 0 Å². The Labute approximate surface area is 149 Å². The summed E-state index contributed by atoms with van der Waals surface area (Å²) in [6, 6.07) is 9.85. The van der Waals surface area contributed by atoms with Crippen molar-refractivity contribution in [1.82, 2.24) is 24.9 Å². The number of aromatic nitrogens is 5. The summed E-state index contributed by atoms with van der Waals surface area (Å²) in [5.41, 5.74) is 3.58. The summed E-state index contributed by atoms with van der Waals surface area (Å²) in [6.07, 6.45) is 5.42. The Kier molecular flexibility index (Phi) is 3.31. The lowest BCUT2D eigenvalue weighted by atomic mass is 10.2. The van der Waals surface area contributed by atoms with E-state index in [1.807, 2.05) is 43.5 Å². The first-order valence-corrected chi connectivity index (χ1v) is 8.43. The quantitative estimate of drug-likeness (QED) is 0.601. The van der Waals surface area contributed by atoms with E-state index in [2.05, 4.69) is 24.8 Å². The molecule has 0 saturated heterocycles. The number of pyridine rings is 2. The van der Waals surface area contributed by atoms with Crippen LogP contribution in [0.25, 0.3) is 22.6 Å². The highest BCUT2D eigenvalue weighted by Crippen LogP contribution is 2.37. The van der Waals surface area contributed by atoms with E-state index in [0.717, 1.165) is 33.9 Å². The Morgan fingerprint density at radius 2 is 2.08 bits per heavy atom. The van der Waals surface area contributed by atoms with Crippen LogP contribution in [0.2, 0.25) is 0 Å². The maximum Gasteiger partial charge on any atom is 0.180 e. The largest absolute Gasteiger partial charge is 0.486 e. The van der Waals surface area contributed by atoms with Crippen molar-refractivity contribution in [2.24, 2.45) is 0 Å². The molecule has 26 heavy (non-hydrogen) atoms. The fourth-order valence-electron chi connectivity index (χ4n) is 3.22. The van der Waals surface area contributed by atoms with Crippen LogP contribution in [-0.2, 0) is 0 Å². The van der Waals surface area contributed by atoms with Crippen molar-refractivity contribution in [3.63, 3.8) is 0 Å². The lowest BCUT2D eigenvalue weighted by Gasteiger charge is -2.30. The van der Waals surface area contributed by atoms with Crippen LogP contribution < -0.4 is 9.64 Å². The molecule has 5 heterocycles. The third-order valence-electron chi connectivity index (χ3n) is 4.41. The standard InChI is InChI=1S/C19H16N6O/c1-12-3-2-4-14(23-12)18-22-11-16-19(24-18)25(9-10-26-16)15-6-8-21-17-13(15)5-7-20-17/h2-8,11H,9-10H2,1H3,(H,20,21). The smallest absolute Gasteiger partial charge is 0.180 e. The van der Waals surface area contributed by atoms with Crippen LogP contribution in [0.1, 0.15) is 5.69 Å². The second-order valence-corrected chi connectivity index (χ2v) is 6.12. The Morgan fingerprint density at radius 3 is 3.00 bits per heavy atom. The summed E-state index contributed by atoms with van der Waals surface area (Å²) in [5, 5.41) is 1.05. The van der Waals surface area contributed by atoms with Crippen molar-refractivity contribution in [1.29, 1.82) is 0 Å². The van der Waals surface area contributed by atoms with Gasteiger partial charge in [-0.05, 0) is 31.2 Å². The van der Waals surface area contributed by atoms with Gasteiger partial charge in [0, 0.05) is 23.5 Å². The van der Waals surface area contributed by atoms with Crippen molar-refractivity contribution in [2.75, 3.05) is 18.1 Å².